The summed E-state index contributed by atoms with van der Waals surface area (Å²) in [6, 6.07) is 5.57. The summed E-state index contributed by atoms with van der Waals surface area (Å²) in [6.45, 7) is 0. The summed E-state index contributed by atoms with van der Waals surface area (Å²) in [5.41, 5.74) is 0.771. The molecule has 0 unspecified atom stereocenters. The number of hydrogen-bond acceptors (Lipinski definition) is 4. The number of nitrogens with zero attached hydrogens (tertiary/aromatic N) is 2. The average molecular weight is 376 g/mol. The summed E-state index contributed by atoms with van der Waals surface area (Å²) in [6.07, 6.45) is 0.208. The predicted molar refractivity (Wildman–Crippen MR) is 71.1 cm³/mol. The molecule has 0 radical (unpaired) electrons. The van der Waals surface area contributed by atoms with Crippen LogP contribution in [0.5, 0.6) is 0 Å². The molecule has 2 rings (SSSR count). The van der Waals surface area contributed by atoms with Crippen molar-refractivity contribution in [3.63, 3.8) is 0 Å². The zero-order chi connectivity index (χ0) is 13.1. The van der Waals surface area contributed by atoms with E-state index in [-0.39, 0.29) is 12.8 Å². The summed E-state index contributed by atoms with van der Waals surface area (Å²) >= 11 is 6.76. The highest BCUT2D eigenvalue weighted by atomic mass is 79.9. The molecule has 0 saturated heterocycles. The Morgan fingerprint density at radius 3 is 2.78 bits per heavy atom. The molecule has 1 aromatic carbocycles. The van der Waals surface area contributed by atoms with Crippen LogP contribution in [0, 0.1) is 0 Å². The van der Waals surface area contributed by atoms with Crippen LogP contribution in [0.2, 0.25) is 0 Å². The second-order valence-electron chi connectivity index (χ2n) is 3.52. The maximum atomic E-state index is 10.4. The number of carbonyl (C=O) groups is 1. The summed E-state index contributed by atoms with van der Waals surface area (Å²) in [4.78, 5) is 10.4. The van der Waals surface area contributed by atoms with Crippen LogP contribution in [0.4, 0.5) is 0 Å². The van der Waals surface area contributed by atoms with Gasteiger partial charge in [-0.1, -0.05) is 15.9 Å². The zero-order valence-corrected chi connectivity index (χ0v) is 12.2. The van der Waals surface area contributed by atoms with Crippen LogP contribution in [0.15, 0.2) is 31.6 Å². The largest absolute Gasteiger partial charge is 0.481 e. The van der Waals surface area contributed by atoms with Crippen molar-refractivity contribution in [1.82, 2.24) is 10.2 Å². The third-order valence-corrected chi connectivity index (χ3v) is 3.33. The quantitative estimate of drug-likeness (QED) is 0.887. The minimum absolute atomic E-state index is 0.0247. The lowest BCUT2D eigenvalue weighted by molar-refractivity contribution is -0.137. The molecule has 0 amide bonds. The maximum Gasteiger partial charge on any atom is 0.303 e. The minimum atomic E-state index is -0.889. The van der Waals surface area contributed by atoms with E-state index in [4.69, 9.17) is 9.52 Å². The van der Waals surface area contributed by atoms with Gasteiger partial charge < -0.3 is 9.52 Å². The van der Waals surface area contributed by atoms with Crippen molar-refractivity contribution in [1.29, 1.82) is 0 Å². The molecule has 2 aromatic rings. The molecule has 0 spiro atoms. The number of rotatable bonds is 4. The van der Waals surface area contributed by atoms with Gasteiger partial charge in [-0.2, -0.15) is 0 Å². The molecule has 1 aromatic heterocycles. The Kier molecular flexibility index (Phi) is 4.13. The first kappa shape index (κ1) is 13.2. The van der Waals surface area contributed by atoms with Gasteiger partial charge in [0.1, 0.15) is 0 Å². The molecule has 1 N–H and O–H groups in total. The number of aliphatic carboxylic acids is 1. The van der Waals surface area contributed by atoms with Gasteiger partial charge in [0.05, 0.1) is 12.0 Å². The van der Waals surface area contributed by atoms with Gasteiger partial charge in [0.2, 0.25) is 11.8 Å². The highest BCUT2D eigenvalue weighted by Crippen LogP contribution is 2.29. The lowest BCUT2D eigenvalue weighted by Crippen LogP contribution is -1.97. The Balaban J connectivity index is 2.21. The Labute approximate surface area is 119 Å². The van der Waals surface area contributed by atoms with E-state index in [1.165, 1.54) is 0 Å². The number of benzene rings is 1. The van der Waals surface area contributed by atoms with Crippen LogP contribution >= 0.6 is 31.9 Å². The van der Waals surface area contributed by atoms with Gasteiger partial charge in [-0.25, -0.2) is 0 Å². The zero-order valence-electron chi connectivity index (χ0n) is 9.06. The van der Waals surface area contributed by atoms with E-state index in [9.17, 15) is 4.79 Å². The first-order chi connectivity index (χ1) is 8.56. The van der Waals surface area contributed by atoms with Gasteiger partial charge in [0.15, 0.2) is 0 Å². The summed E-state index contributed by atoms with van der Waals surface area (Å²) in [5, 5.41) is 16.3. The molecule has 0 aliphatic rings. The van der Waals surface area contributed by atoms with E-state index in [0.717, 1.165) is 14.5 Å². The monoisotopic (exact) mass is 374 g/mol. The SMILES string of the molecule is O=C(O)CCc1nnc(-c2ccc(Br)cc2Br)o1. The van der Waals surface area contributed by atoms with Gasteiger partial charge in [0.25, 0.3) is 0 Å². The number of aromatic nitrogens is 2. The van der Waals surface area contributed by atoms with Crippen LogP contribution in [-0.4, -0.2) is 21.3 Å². The fourth-order valence-electron chi connectivity index (χ4n) is 1.34. The van der Waals surface area contributed by atoms with E-state index < -0.39 is 5.97 Å². The van der Waals surface area contributed by atoms with Crippen LogP contribution in [-0.2, 0) is 11.2 Å². The average Bonchev–Trinajstić information content (AvgIpc) is 2.75. The maximum absolute atomic E-state index is 10.4. The van der Waals surface area contributed by atoms with Gasteiger partial charge in [-0.15, -0.1) is 10.2 Å². The fraction of sp³-hybridized carbons (Fsp3) is 0.182. The summed E-state index contributed by atoms with van der Waals surface area (Å²) < 4.78 is 7.17. The second-order valence-corrected chi connectivity index (χ2v) is 5.29. The normalized spacial score (nSPS) is 10.6. The van der Waals surface area contributed by atoms with E-state index >= 15 is 0 Å². The molecule has 1 heterocycles. The van der Waals surface area contributed by atoms with Crippen molar-refractivity contribution in [2.24, 2.45) is 0 Å². The number of aryl methyl sites for hydroxylation is 1. The second kappa shape index (κ2) is 5.62. The van der Waals surface area contributed by atoms with Crippen LogP contribution in [0.3, 0.4) is 0 Å². The Morgan fingerprint density at radius 1 is 1.33 bits per heavy atom. The highest BCUT2D eigenvalue weighted by molar-refractivity contribution is 9.11. The molecule has 0 atom stereocenters. The van der Waals surface area contributed by atoms with Gasteiger partial charge in [0, 0.05) is 15.4 Å². The minimum Gasteiger partial charge on any atom is -0.481 e. The number of hydrogen-bond donors (Lipinski definition) is 1. The molecule has 18 heavy (non-hydrogen) atoms. The van der Waals surface area contributed by atoms with Crippen LogP contribution < -0.4 is 0 Å². The molecule has 0 saturated carbocycles. The van der Waals surface area contributed by atoms with E-state index in [2.05, 4.69) is 42.1 Å². The van der Waals surface area contributed by atoms with E-state index in [0.29, 0.717) is 11.8 Å². The Hall–Kier alpha value is -1.21. The molecular formula is C11H8Br2N2O3. The topological polar surface area (TPSA) is 76.2 Å². The first-order valence-corrected chi connectivity index (χ1v) is 6.64. The summed E-state index contributed by atoms with van der Waals surface area (Å²) in [7, 11) is 0. The third kappa shape index (κ3) is 3.17. The van der Waals surface area contributed by atoms with Crippen molar-refractivity contribution in [3.05, 3.63) is 33.0 Å². The molecule has 0 bridgehead atoms. The summed E-state index contributed by atoms with van der Waals surface area (Å²) in [5.74, 6) is -0.198. The number of halogens is 2. The van der Waals surface area contributed by atoms with Gasteiger partial charge in [-0.3, -0.25) is 4.79 Å². The molecule has 0 fully saturated rings. The standard InChI is InChI=1S/C11H8Br2N2O3/c12-6-1-2-7(8(13)5-6)11-15-14-9(18-11)3-4-10(16)17/h1-2,5H,3-4H2,(H,16,17). The molecule has 0 aliphatic heterocycles. The predicted octanol–water partition coefficient (Wildman–Crippen LogP) is 3.28. The van der Waals surface area contributed by atoms with Crippen molar-refractivity contribution >= 4 is 37.8 Å². The molecule has 5 nitrogen and oxygen atoms in total. The molecule has 0 aliphatic carbocycles. The van der Waals surface area contributed by atoms with Crippen LogP contribution in [0.25, 0.3) is 11.5 Å². The fourth-order valence-corrected chi connectivity index (χ4v) is 2.56. The van der Waals surface area contributed by atoms with Crippen molar-refractivity contribution in [2.45, 2.75) is 12.8 Å². The number of carboxylic acid groups (broad SMARTS) is 1. The first-order valence-electron chi connectivity index (χ1n) is 5.06. The van der Waals surface area contributed by atoms with E-state index in [1.807, 2.05) is 18.2 Å². The van der Waals surface area contributed by atoms with Crippen molar-refractivity contribution in [2.75, 3.05) is 0 Å². The smallest absolute Gasteiger partial charge is 0.303 e. The molecular weight excluding hydrogens is 368 g/mol. The van der Waals surface area contributed by atoms with Crippen LogP contribution in [0.1, 0.15) is 12.3 Å². The lowest BCUT2D eigenvalue weighted by Gasteiger charge is -1.99. The molecule has 94 valence electrons. The lowest BCUT2D eigenvalue weighted by atomic mass is 10.2. The van der Waals surface area contributed by atoms with Gasteiger partial charge >= 0.3 is 5.97 Å². The third-order valence-electron chi connectivity index (χ3n) is 2.18. The number of carboxylic acids is 1. The van der Waals surface area contributed by atoms with Gasteiger partial charge in [-0.05, 0) is 34.1 Å². The van der Waals surface area contributed by atoms with E-state index in [1.54, 1.807) is 0 Å². The highest BCUT2D eigenvalue weighted by Gasteiger charge is 2.12. The molecule has 7 heteroatoms. The van der Waals surface area contributed by atoms with Crippen molar-refractivity contribution in [3.8, 4) is 11.5 Å². The van der Waals surface area contributed by atoms with Crippen molar-refractivity contribution < 1.29 is 14.3 Å². The Bertz CT molecular complexity index is 583. The Morgan fingerprint density at radius 2 is 2.11 bits per heavy atom.